The van der Waals surface area contributed by atoms with Crippen molar-refractivity contribution in [2.24, 2.45) is 0 Å². The van der Waals surface area contributed by atoms with Crippen LogP contribution in [0.4, 0.5) is 0 Å². The van der Waals surface area contributed by atoms with Gasteiger partial charge in [0.25, 0.3) is 0 Å². The topological polar surface area (TPSA) is 66.4 Å². The molecule has 0 aromatic rings. The molecule has 23 heavy (non-hydrogen) atoms. The second kappa shape index (κ2) is 18.6. The first-order chi connectivity index (χ1) is 10.8. The molecule has 0 spiro atoms. The highest BCUT2D eigenvalue weighted by Crippen LogP contribution is 2.12. The predicted molar refractivity (Wildman–Crippen MR) is 102 cm³/mol. The van der Waals surface area contributed by atoms with E-state index in [1.165, 1.54) is 82.8 Å². The van der Waals surface area contributed by atoms with E-state index < -0.39 is 10.4 Å². The van der Waals surface area contributed by atoms with E-state index in [1.807, 2.05) is 0 Å². The summed E-state index contributed by atoms with van der Waals surface area (Å²) in [4.78, 5) is 0. The molecule has 0 fully saturated rings. The summed E-state index contributed by atoms with van der Waals surface area (Å²) in [5.74, 6) is 1.46. The highest BCUT2D eigenvalue weighted by atomic mass is 32.3. The Balaban J connectivity index is 0. The van der Waals surface area contributed by atoms with E-state index in [4.69, 9.17) is 0 Å². The molecule has 0 rings (SSSR count). The minimum atomic E-state index is -4.41. The van der Waals surface area contributed by atoms with Crippen LogP contribution in [-0.4, -0.2) is 38.3 Å². The van der Waals surface area contributed by atoms with Gasteiger partial charge in [-0.1, -0.05) is 71.1 Å². The third-order valence-electron chi connectivity index (χ3n) is 3.61. The molecular formula is C17H38O4S2. The molecule has 0 aliphatic heterocycles. The van der Waals surface area contributed by atoms with E-state index in [-0.39, 0.29) is 0 Å². The molecular weight excluding hydrogens is 332 g/mol. The van der Waals surface area contributed by atoms with Gasteiger partial charge in [0, 0.05) is 0 Å². The molecule has 0 saturated carbocycles. The molecule has 0 aliphatic carbocycles. The summed E-state index contributed by atoms with van der Waals surface area (Å²) in [5.41, 5.74) is 0. The Labute approximate surface area is 148 Å². The van der Waals surface area contributed by atoms with E-state index in [9.17, 15) is 13.0 Å². The van der Waals surface area contributed by atoms with Gasteiger partial charge in [-0.05, 0) is 23.7 Å². The number of hydrogen-bond donors (Lipinski definition) is 0. The van der Waals surface area contributed by atoms with Crippen molar-refractivity contribution in [2.45, 2.75) is 84.0 Å². The van der Waals surface area contributed by atoms with Gasteiger partial charge >= 0.3 is 0 Å². The van der Waals surface area contributed by atoms with Gasteiger partial charge in [0.2, 0.25) is 10.4 Å². The highest BCUT2D eigenvalue weighted by molar-refractivity contribution is 7.95. The molecule has 4 nitrogen and oxygen atoms in total. The first kappa shape index (κ1) is 25.5. The van der Waals surface area contributed by atoms with Gasteiger partial charge in [-0.3, -0.25) is 4.18 Å². The fourth-order valence-electron chi connectivity index (χ4n) is 2.23. The molecule has 0 bridgehead atoms. The van der Waals surface area contributed by atoms with Crippen LogP contribution in [-0.2, 0) is 25.5 Å². The van der Waals surface area contributed by atoms with E-state index in [2.05, 4.69) is 23.6 Å². The zero-order valence-electron chi connectivity index (χ0n) is 15.6. The fraction of sp³-hybridized carbons (Fsp3) is 1.00. The summed E-state index contributed by atoms with van der Waals surface area (Å²) in [7, 11) is -2.93. The molecule has 0 N–H and O–H groups in total. The lowest BCUT2D eigenvalue weighted by Crippen LogP contribution is -2.00. The molecule has 6 heteroatoms. The van der Waals surface area contributed by atoms with E-state index in [0.29, 0.717) is 10.9 Å². The maximum Gasteiger partial charge on any atom is 0.217 e. The van der Waals surface area contributed by atoms with Crippen molar-refractivity contribution in [3.05, 3.63) is 0 Å². The van der Waals surface area contributed by atoms with Gasteiger partial charge in [0.1, 0.15) is 5.75 Å². The average molecular weight is 371 g/mol. The standard InChI is InChI=1S/C16H35S.CH4O4S/c1-4-5-6-7-8-9-10-11-12-13-14-15-16-17(2)3;1-5-6(2,3)4/h4-16H2,1-3H3;1H3,(H,2,3,4)/q+1;/p-1. The van der Waals surface area contributed by atoms with Gasteiger partial charge < -0.3 is 4.55 Å². The maximum absolute atomic E-state index is 9.22. The molecule has 0 unspecified atom stereocenters. The Morgan fingerprint density at radius 3 is 1.35 bits per heavy atom. The van der Waals surface area contributed by atoms with Gasteiger partial charge in [-0.15, -0.1) is 0 Å². The molecule has 0 amide bonds. The van der Waals surface area contributed by atoms with Crippen molar-refractivity contribution >= 4 is 21.3 Å². The second-order valence-electron chi connectivity index (χ2n) is 6.15. The van der Waals surface area contributed by atoms with E-state index in [0.717, 1.165) is 7.11 Å². The van der Waals surface area contributed by atoms with Gasteiger partial charge in [-0.25, -0.2) is 8.42 Å². The molecule has 142 valence electrons. The summed E-state index contributed by atoms with van der Waals surface area (Å²) in [6.45, 7) is 2.29. The quantitative estimate of drug-likeness (QED) is 0.193. The van der Waals surface area contributed by atoms with Crippen LogP contribution < -0.4 is 0 Å². The largest absolute Gasteiger partial charge is 0.726 e. The fourth-order valence-corrected chi connectivity index (χ4v) is 3.01. The Bertz CT molecular complexity index is 317. The van der Waals surface area contributed by atoms with Crippen LogP contribution in [0.3, 0.4) is 0 Å². The minimum Gasteiger partial charge on any atom is -0.726 e. The van der Waals surface area contributed by atoms with Crippen LogP contribution in [0, 0.1) is 0 Å². The smallest absolute Gasteiger partial charge is 0.217 e. The summed E-state index contributed by atoms with van der Waals surface area (Å²) in [5, 5.41) is 0. The number of rotatable bonds is 14. The van der Waals surface area contributed by atoms with Crippen LogP contribution >= 0.6 is 0 Å². The van der Waals surface area contributed by atoms with Gasteiger partial charge in [0.05, 0.1) is 19.6 Å². The first-order valence-electron chi connectivity index (χ1n) is 8.89. The maximum atomic E-state index is 9.22. The van der Waals surface area contributed by atoms with Crippen molar-refractivity contribution in [3.63, 3.8) is 0 Å². The Morgan fingerprint density at radius 2 is 1.09 bits per heavy atom. The highest BCUT2D eigenvalue weighted by Gasteiger charge is 2.00. The summed E-state index contributed by atoms with van der Waals surface area (Å²) in [6, 6.07) is 0. The second-order valence-corrected chi connectivity index (χ2v) is 9.68. The van der Waals surface area contributed by atoms with Crippen LogP contribution in [0.15, 0.2) is 0 Å². The van der Waals surface area contributed by atoms with Crippen molar-refractivity contribution < 1.29 is 17.2 Å². The Hall–Kier alpha value is 0.220. The SMILES string of the molecule is CCCCCCCCCCCCCC[S+](C)C.COS(=O)(=O)[O-]. The van der Waals surface area contributed by atoms with Crippen LogP contribution in [0.2, 0.25) is 0 Å². The van der Waals surface area contributed by atoms with Crippen LogP contribution in [0.25, 0.3) is 0 Å². The van der Waals surface area contributed by atoms with Crippen molar-refractivity contribution in [2.75, 3.05) is 25.4 Å². The third-order valence-corrected chi connectivity index (χ3v) is 5.12. The summed E-state index contributed by atoms with van der Waals surface area (Å²) >= 11 is 0. The van der Waals surface area contributed by atoms with Gasteiger partial charge in [0.15, 0.2) is 0 Å². The molecule has 0 aromatic heterocycles. The molecule has 0 aliphatic rings. The third kappa shape index (κ3) is 30.6. The molecule has 0 heterocycles. The first-order valence-corrected chi connectivity index (χ1v) is 12.4. The van der Waals surface area contributed by atoms with Crippen molar-refractivity contribution in [1.82, 2.24) is 0 Å². The summed E-state index contributed by atoms with van der Waals surface area (Å²) in [6.07, 6.45) is 22.3. The van der Waals surface area contributed by atoms with Crippen LogP contribution in [0.1, 0.15) is 84.0 Å². The monoisotopic (exact) mass is 370 g/mol. The average Bonchev–Trinajstić information content (AvgIpc) is 2.48. The van der Waals surface area contributed by atoms with Crippen molar-refractivity contribution in [3.8, 4) is 0 Å². The Morgan fingerprint density at radius 1 is 0.783 bits per heavy atom. The molecule has 0 aromatic carbocycles. The van der Waals surface area contributed by atoms with E-state index in [1.54, 1.807) is 0 Å². The van der Waals surface area contributed by atoms with Gasteiger partial charge in [-0.2, -0.15) is 0 Å². The lowest BCUT2D eigenvalue weighted by molar-refractivity contribution is 0.314. The van der Waals surface area contributed by atoms with Crippen LogP contribution in [0.5, 0.6) is 0 Å². The van der Waals surface area contributed by atoms with E-state index >= 15 is 0 Å². The van der Waals surface area contributed by atoms with Crippen molar-refractivity contribution in [1.29, 1.82) is 0 Å². The molecule has 0 atom stereocenters. The number of hydrogen-bond acceptors (Lipinski definition) is 4. The summed E-state index contributed by atoms with van der Waals surface area (Å²) < 4.78 is 31.0. The Kier molecular flexibility index (Phi) is 20.5. The number of unbranched alkanes of at least 4 members (excludes halogenated alkanes) is 11. The zero-order chi connectivity index (χ0) is 18.0. The molecule has 0 saturated heterocycles. The predicted octanol–water partition coefficient (Wildman–Crippen LogP) is 4.66. The lowest BCUT2D eigenvalue weighted by Gasteiger charge is -2.02. The normalized spacial score (nSPS) is 11.4. The molecule has 0 radical (unpaired) electrons. The minimum absolute atomic E-state index is 0.670. The lowest BCUT2D eigenvalue weighted by atomic mass is 10.1. The zero-order valence-corrected chi connectivity index (χ0v) is 17.3.